The van der Waals surface area contributed by atoms with Crippen LogP contribution in [0.3, 0.4) is 0 Å². The third kappa shape index (κ3) is 3.70. The van der Waals surface area contributed by atoms with E-state index < -0.39 is 0 Å². The Balaban J connectivity index is 1.92. The SMILES string of the molecule is CC(Cc1ccco1)NC(C)c1ccc(C#N)cc1. The summed E-state index contributed by atoms with van der Waals surface area (Å²) in [6.07, 6.45) is 2.57. The van der Waals surface area contributed by atoms with Crippen molar-refractivity contribution in [3.05, 3.63) is 59.5 Å². The summed E-state index contributed by atoms with van der Waals surface area (Å²) in [5, 5.41) is 12.3. The lowest BCUT2D eigenvalue weighted by Gasteiger charge is -2.19. The van der Waals surface area contributed by atoms with Crippen LogP contribution in [-0.2, 0) is 6.42 Å². The molecule has 2 rings (SSSR count). The second-order valence-corrected chi connectivity index (χ2v) is 4.81. The Hall–Kier alpha value is -2.05. The van der Waals surface area contributed by atoms with Crippen LogP contribution in [0.15, 0.2) is 47.1 Å². The molecule has 1 N–H and O–H groups in total. The second kappa shape index (κ2) is 6.21. The summed E-state index contributed by atoms with van der Waals surface area (Å²) in [6.45, 7) is 4.27. The van der Waals surface area contributed by atoms with Crippen LogP contribution in [-0.4, -0.2) is 6.04 Å². The first-order valence-corrected chi connectivity index (χ1v) is 6.47. The molecule has 2 atom stereocenters. The van der Waals surface area contributed by atoms with Gasteiger partial charge in [-0.15, -0.1) is 0 Å². The van der Waals surface area contributed by atoms with Crippen molar-refractivity contribution in [2.45, 2.75) is 32.4 Å². The zero-order valence-corrected chi connectivity index (χ0v) is 11.3. The van der Waals surface area contributed by atoms with Gasteiger partial charge in [0.25, 0.3) is 0 Å². The Kier molecular flexibility index (Phi) is 4.38. The summed E-state index contributed by atoms with van der Waals surface area (Å²) >= 11 is 0. The summed E-state index contributed by atoms with van der Waals surface area (Å²) in [4.78, 5) is 0. The van der Waals surface area contributed by atoms with Gasteiger partial charge in [0.1, 0.15) is 5.76 Å². The van der Waals surface area contributed by atoms with Crippen LogP contribution in [0.2, 0.25) is 0 Å². The molecule has 0 fully saturated rings. The summed E-state index contributed by atoms with van der Waals surface area (Å²) in [5.41, 5.74) is 1.88. The topological polar surface area (TPSA) is 49.0 Å². The molecule has 1 aromatic carbocycles. The predicted octanol–water partition coefficient (Wildman–Crippen LogP) is 3.43. The lowest BCUT2D eigenvalue weighted by molar-refractivity contribution is 0.429. The quantitative estimate of drug-likeness (QED) is 0.889. The minimum atomic E-state index is 0.248. The monoisotopic (exact) mass is 254 g/mol. The Morgan fingerprint density at radius 2 is 1.95 bits per heavy atom. The number of benzene rings is 1. The van der Waals surface area contributed by atoms with Crippen molar-refractivity contribution >= 4 is 0 Å². The molecule has 0 bridgehead atoms. The van der Waals surface area contributed by atoms with Gasteiger partial charge in [0.05, 0.1) is 17.9 Å². The molecule has 0 spiro atoms. The molecule has 19 heavy (non-hydrogen) atoms. The minimum Gasteiger partial charge on any atom is -0.469 e. The van der Waals surface area contributed by atoms with Crippen LogP contribution in [0, 0.1) is 11.3 Å². The van der Waals surface area contributed by atoms with Gasteiger partial charge in [-0.3, -0.25) is 0 Å². The first-order chi connectivity index (χ1) is 9.19. The largest absolute Gasteiger partial charge is 0.469 e. The second-order valence-electron chi connectivity index (χ2n) is 4.81. The van der Waals surface area contributed by atoms with Crippen molar-refractivity contribution in [1.29, 1.82) is 5.26 Å². The zero-order chi connectivity index (χ0) is 13.7. The molecule has 3 nitrogen and oxygen atoms in total. The van der Waals surface area contributed by atoms with Crippen LogP contribution in [0.4, 0.5) is 0 Å². The molecule has 2 aromatic rings. The molecular weight excluding hydrogens is 236 g/mol. The van der Waals surface area contributed by atoms with Crippen molar-refractivity contribution in [1.82, 2.24) is 5.32 Å². The minimum absolute atomic E-state index is 0.248. The van der Waals surface area contributed by atoms with Gasteiger partial charge in [-0.25, -0.2) is 0 Å². The highest BCUT2D eigenvalue weighted by Gasteiger charge is 2.11. The Labute approximate surface area is 113 Å². The number of nitrogens with zero attached hydrogens (tertiary/aromatic N) is 1. The van der Waals surface area contributed by atoms with Crippen molar-refractivity contribution < 1.29 is 4.42 Å². The Bertz CT molecular complexity index is 537. The van der Waals surface area contributed by atoms with E-state index in [1.165, 1.54) is 5.56 Å². The third-order valence-electron chi connectivity index (χ3n) is 3.16. The molecule has 0 radical (unpaired) electrons. The lowest BCUT2D eigenvalue weighted by Crippen LogP contribution is -2.30. The number of nitrogens with one attached hydrogen (secondary N) is 1. The van der Waals surface area contributed by atoms with Gasteiger partial charge >= 0.3 is 0 Å². The third-order valence-corrected chi connectivity index (χ3v) is 3.16. The lowest BCUT2D eigenvalue weighted by atomic mass is 10.0. The number of furan rings is 1. The normalized spacial score (nSPS) is 13.7. The smallest absolute Gasteiger partial charge is 0.105 e. The average molecular weight is 254 g/mol. The standard InChI is InChI=1S/C16H18N2O/c1-12(10-16-4-3-9-19-16)18-13(2)15-7-5-14(11-17)6-8-15/h3-9,12-13,18H,10H2,1-2H3. The van der Waals surface area contributed by atoms with E-state index in [2.05, 4.69) is 25.2 Å². The number of hydrogen-bond acceptors (Lipinski definition) is 3. The Morgan fingerprint density at radius 3 is 2.53 bits per heavy atom. The van der Waals surface area contributed by atoms with Crippen LogP contribution >= 0.6 is 0 Å². The van der Waals surface area contributed by atoms with Gasteiger partial charge in [-0.05, 0) is 43.7 Å². The van der Waals surface area contributed by atoms with Gasteiger partial charge in [0.2, 0.25) is 0 Å². The van der Waals surface area contributed by atoms with Crippen molar-refractivity contribution in [3.8, 4) is 6.07 Å². The van der Waals surface area contributed by atoms with Crippen molar-refractivity contribution in [3.63, 3.8) is 0 Å². The zero-order valence-electron chi connectivity index (χ0n) is 11.3. The van der Waals surface area contributed by atoms with E-state index in [1.54, 1.807) is 6.26 Å². The molecule has 0 amide bonds. The van der Waals surface area contributed by atoms with E-state index in [4.69, 9.17) is 9.68 Å². The van der Waals surface area contributed by atoms with Crippen molar-refractivity contribution in [2.24, 2.45) is 0 Å². The Morgan fingerprint density at radius 1 is 1.21 bits per heavy atom. The van der Waals surface area contributed by atoms with Gasteiger partial charge < -0.3 is 9.73 Å². The van der Waals surface area contributed by atoms with Crippen LogP contribution in [0.1, 0.15) is 36.8 Å². The fourth-order valence-electron chi connectivity index (χ4n) is 2.16. The van der Waals surface area contributed by atoms with E-state index in [1.807, 2.05) is 36.4 Å². The molecule has 0 saturated heterocycles. The molecule has 0 aliphatic heterocycles. The molecule has 3 heteroatoms. The van der Waals surface area contributed by atoms with Crippen LogP contribution in [0.5, 0.6) is 0 Å². The summed E-state index contributed by atoms with van der Waals surface area (Å²) in [7, 11) is 0. The maximum Gasteiger partial charge on any atom is 0.105 e. The maximum atomic E-state index is 8.78. The molecule has 1 aromatic heterocycles. The first kappa shape index (κ1) is 13.4. The number of nitriles is 1. The van der Waals surface area contributed by atoms with Crippen molar-refractivity contribution in [2.75, 3.05) is 0 Å². The molecule has 98 valence electrons. The highest BCUT2D eigenvalue weighted by atomic mass is 16.3. The summed E-state index contributed by atoms with van der Waals surface area (Å²) in [6, 6.07) is 14.3. The van der Waals surface area contributed by atoms with Gasteiger partial charge in [-0.1, -0.05) is 12.1 Å². The molecule has 0 aliphatic carbocycles. The number of hydrogen-bond donors (Lipinski definition) is 1. The molecular formula is C16H18N2O. The maximum absolute atomic E-state index is 8.78. The molecule has 0 aliphatic rings. The van der Waals surface area contributed by atoms with E-state index >= 15 is 0 Å². The predicted molar refractivity (Wildman–Crippen MR) is 74.6 cm³/mol. The molecule has 2 unspecified atom stereocenters. The molecule has 1 heterocycles. The summed E-state index contributed by atoms with van der Waals surface area (Å²) in [5.74, 6) is 0.993. The van der Waals surface area contributed by atoms with E-state index in [-0.39, 0.29) is 6.04 Å². The number of rotatable bonds is 5. The van der Waals surface area contributed by atoms with Gasteiger partial charge in [0, 0.05) is 18.5 Å². The van der Waals surface area contributed by atoms with E-state index in [0.29, 0.717) is 11.6 Å². The van der Waals surface area contributed by atoms with E-state index in [0.717, 1.165) is 12.2 Å². The average Bonchev–Trinajstić information content (AvgIpc) is 2.91. The highest BCUT2D eigenvalue weighted by Crippen LogP contribution is 2.15. The van der Waals surface area contributed by atoms with Gasteiger partial charge in [0.15, 0.2) is 0 Å². The van der Waals surface area contributed by atoms with Crippen LogP contribution < -0.4 is 5.32 Å². The fourth-order valence-corrected chi connectivity index (χ4v) is 2.16. The summed E-state index contributed by atoms with van der Waals surface area (Å²) < 4.78 is 5.35. The highest BCUT2D eigenvalue weighted by molar-refractivity contribution is 5.32. The first-order valence-electron chi connectivity index (χ1n) is 6.47. The van der Waals surface area contributed by atoms with Crippen LogP contribution in [0.25, 0.3) is 0 Å². The molecule has 0 saturated carbocycles. The van der Waals surface area contributed by atoms with E-state index in [9.17, 15) is 0 Å². The van der Waals surface area contributed by atoms with Gasteiger partial charge in [-0.2, -0.15) is 5.26 Å². The fraction of sp³-hybridized carbons (Fsp3) is 0.312.